The van der Waals surface area contributed by atoms with E-state index in [4.69, 9.17) is 9.47 Å². The molecule has 6 nitrogen and oxygen atoms in total. The van der Waals surface area contributed by atoms with Gasteiger partial charge < -0.3 is 19.4 Å². The van der Waals surface area contributed by atoms with Gasteiger partial charge in [-0.25, -0.2) is 4.98 Å². The molecule has 0 radical (unpaired) electrons. The van der Waals surface area contributed by atoms with E-state index in [1.807, 2.05) is 22.9 Å². The number of hydrogen-bond acceptors (Lipinski definition) is 4. The van der Waals surface area contributed by atoms with Crippen LogP contribution in [0.1, 0.15) is 21.5 Å². The Kier molecular flexibility index (Phi) is 5.53. The van der Waals surface area contributed by atoms with Crippen LogP contribution in [0.2, 0.25) is 0 Å². The Morgan fingerprint density at radius 3 is 2.65 bits per heavy atom. The summed E-state index contributed by atoms with van der Waals surface area (Å²) in [5.41, 5.74) is 2.62. The molecule has 0 saturated heterocycles. The molecule has 0 aliphatic rings. The molecular weight excluding hydrogens is 330 g/mol. The van der Waals surface area contributed by atoms with Crippen LogP contribution in [0.4, 0.5) is 0 Å². The molecule has 0 atom stereocenters. The minimum Gasteiger partial charge on any atom is -0.493 e. The molecule has 1 heterocycles. The maximum atomic E-state index is 12.5. The van der Waals surface area contributed by atoms with Gasteiger partial charge in [0.1, 0.15) is 0 Å². The van der Waals surface area contributed by atoms with E-state index in [9.17, 15) is 4.79 Å². The highest BCUT2D eigenvalue weighted by Gasteiger charge is 2.16. The standard InChI is InChI=1S/C20H21N3O3/c1-25-18-8-4-7-17(19(18)26-2)20(24)22-12-15-5-3-6-16(11-15)13-23-10-9-21-14-23/h3-11,14H,12-13H2,1-2H3,(H,22,24). The molecule has 134 valence electrons. The lowest BCUT2D eigenvalue weighted by Gasteiger charge is -2.13. The number of aromatic nitrogens is 2. The highest BCUT2D eigenvalue weighted by molar-refractivity contribution is 5.97. The number of benzene rings is 2. The zero-order chi connectivity index (χ0) is 18.4. The number of carbonyl (C=O) groups excluding carboxylic acids is 1. The smallest absolute Gasteiger partial charge is 0.255 e. The molecule has 0 aliphatic heterocycles. The van der Waals surface area contributed by atoms with Crippen LogP contribution in [0.5, 0.6) is 11.5 Å². The Balaban J connectivity index is 1.68. The maximum absolute atomic E-state index is 12.5. The van der Waals surface area contributed by atoms with Crippen LogP contribution in [-0.2, 0) is 13.1 Å². The number of nitrogens with one attached hydrogen (secondary N) is 1. The lowest BCUT2D eigenvalue weighted by Crippen LogP contribution is -2.23. The lowest BCUT2D eigenvalue weighted by atomic mass is 10.1. The van der Waals surface area contributed by atoms with E-state index in [2.05, 4.69) is 22.4 Å². The summed E-state index contributed by atoms with van der Waals surface area (Å²) in [6.45, 7) is 1.17. The van der Waals surface area contributed by atoms with Gasteiger partial charge in [-0.3, -0.25) is 4.79 Å². The van der Waals surface area contributed by atoms with Crippen LogP contribution in [-0.4, -0.2) is 29.7 Å². The van der Waals surface area contributed by atoms with Crippen LogP contribution < -0.4 is 14.8 Å². The van der Waals surface area contributed by atoms with Crippen molar-refractivity contribution in [3.05, 3.63) is 77.9 Å². The van der Waals surface area contributed by atoms with E-state index in [0.717, 1.165) is 17.7 Å². The molecular formula is C20H21N3O3. The third-order valence-electron chi connectivity index (χ3n) is 4.02. The fraction of sp³-hybridized carbons (Fsp3) is 0.200. The summed E-state index contributed by atoms with van der Waals surface area (Å²) < 4.78 is 12.6. The van der Waals surface area contributed by atoms with Gasteiger partial charge in [0.05, 0.1) is 26.1 Å². The first-order valence-corrected chi connectivity index (χ1v) is 8.24. The van der Waals surface area contributed by atoms with Crippen LogP contribution in [0.15, 0.2) is 61.2 Å². The molecule has 3 aromatic rings. The predicted molar refractivity (Wildman–Crippen MR) is 98.5 cm³/mol. The van der Waals surface area contributed by atoms with Crippen molar-refractivity contribution in [2.45, 2.75) is 13.1 Å². The molecule has 0 aliphatic carbocycles. The minimum atomic E-state index is -0.208. The summed E-state index contributed by atoms with van der Waals surface area (Å²) in [5, 5.41) is 2.93. The SMILES string of the molecule is COc1cccc(C(=O)NCc2cccc(Cn3ccnc3)c2)c1OC. The summed E-state index contributed by atoms with van der Waals surface area (Å²) in [4.78, 5) is 16.6. The van der Waals surface area contributed by atoms with E-state index in [0.29, 0.717) is 23.6 Å². The van der Waals surface area contributed by atoms with Gasteiger partial charge in [0.15, 0.2) is 11.5 Å². The molecule has 26 heavy (non-hydrogen) atoms. The summed E-state index contributed by atoms with van der Waals surface area (Å²) in [6, 6.07) is 13.3. The summed E-state index contributed by atoms with van der Waals surface area (Å²) in [6.07, 6.45) is 5.46. The summed E-state index contributed by atoms with van der Waals surface area (Å²) in [7, 11) is 3.07. The Morgan fingerprint density at radius 1 is 1.12 bits per heavy atom. The van der Waals surface area contributed by atoms with Crippen LogP contribution in [0.25, 0.3) is 0 Å². The number of amides is 1. The van der Waals surface area contributed by atoms with E-state index >= 15 is 0 Å². The van der Waals surface area contributed by atoms with Crippen molar-refractivity contribution in [1.29, 1.82) is 0 Å². The quantitative estimate of drug-likeness (QED) is 0.711. The normalized spacial score (nSPS) is 10.4. The number of nitrogens with zero attached hydrogens (tertiary/aromatic N) is 2. The molecule has 0 unspecified atom stereocenters. The number of para-hydroxylation sites is 1. The van der Waals surface area contributed by atoms with Gasteiger partial charge >= 0.3 is 0 Å². The monoisotopic (exact) mass is 351 g/mol. The number of imidazole rings is 1. The fourth-order valence-electron chi connectivity index (χ4n) is 2.77. The number of carbonyl (C=O) groups is 1. The topological polar surface area (TPSA) is 65.4 Å². The van der Waals surface area contributed by atoms with Crippen molar-refractivity contribution in [2.24, 2.45) is 0 Å². The van der Waals surface area contributed by atoms with Gasteiger partial charge in [-0.1, -0.05) is 30.3 Å². The van der Waals surface area contributed by atoms with Crippen LogP contribution in [0, 0.1) is 0 Å². The largest absolute Gasteiger partial charge is 0.493 e. The number of rotatable bonds is 7. The van der Waals surface area contributed by atoms with Crippen LogP contribution in [0.3, 0.4) is 0 Å². The van der Waals surface area contributed by atoms with Crippen molar-refractivity contribution in [2.75, 3.05) is 14.2 Å². The number of ether oxygens (including phenoxy) is 2. The Morgan fingerprint density at radius 2 is 1.92 bits per heavy atom. The minimum absolute atomic E-state index is 0.208. The predicted octanol–water partition coefficient (Wildman–Crippen LogP) is 2.88. The molecule has 0 bridgehead atoms. The van der Waals surface area contributed by atoms with E-state index in [1.165, 1.54) is 7.11 Å². The molecule has 0 saturated carbocycles. The van der Waals surface area contributed by atoms with Gasteiger partial charge in [0, 0.05) is 25.5 Å². The third kappa shape index (κ3) is 4.03. The molecule has 3 rings (SSSR count). The number of hydrogen-bond donors (Lipinski definition) is 1. The first kappa shape index (κ1) is 17.5. The van der Waals surface area contributed by atoms with Gasteiger partial charge in [0.2, 0.25) is 0 Å². The van der Waals surface area contributed by atoms with Crippen molar-refractivity contribution in [3.8, 4) is 11.5 Å². The average Bonchev–Trinajstić information content (AvgIpc) is 3.18. The number of methoxy groups -OCH3 is 2. The second kappa shape index (κ2) is 8.20. The van der Waals surface area contributed by atoms with E-state index < -0.39 is 0 Å². The highest BCUT2D eigenvalue weighted by atomic mass is 16.5. The zero-order valence-corrected chi connectivity index (χ0v) is 14.8. The molecule has 1 N–H and O–H groups in total. The molecule has 0 fully saturated rings. The maximum Gasteiger partial charge on any atom is 0.255 e. The van der Waals surface area contributed by atoms with E-state index in [1.54, 1.807) is 37.8 Å². The van der Waals surface area contributed by atoms with Gasteiger partial charge in [-0.15, -0.1) is 0 Å². The molecule has 0 spiro atoms. The van der Waals surface area contributed by atoms with Gasteiger partial charge in [-0.2, -0.15) is 0 Å². The third-order valence-corrected chi connectivity index (χ3v) is 4.02. The molecule has 2 aromatic carbocycles. The van der Waals surface area contributed by atoms with Crippen molar-refractivity contribution < 1.29 is 14.3 Å². The van der Waals surface area contributed by atoms with Crippen LogP contribution >= 0.6 is 0 Å². The summed E-state index contributed by atoms with van der Waals surface area (Å²) >= 11 is 0. The fourth-order valence-corrected chi connectivity index (χ4v) is 2.77. The Bertz CT molecular complexity index is 876. The first-order valence-electron chi connectivity index (χ1n) is 8.24. The first-order chi connectivity index (χ1) is 12.7. The molecule has 6 heteroatoms. The van der Waals surface area contributed by atoms with Gasteiger partial charge in [-0.05, 0) is 23.3 Å². The Labute approximate surface area is 152 Å². The Hall–Kier alpha value is -3.28. The molecule has 1 amide bonds. The summed E-state index contributed by atoms with van der Waals surface area (Å²) in [5.74, 6) is 0.754. The highest BCUT2D eigenvalue weighted by Crippen LogP contribution is 2.30. The van der Waals surface area contributed by atoms with Crippen molar-refractivity contribution >= 4 is 5.91 Å². The average molecular weight is 351 g/mol. The lowest BCUT2D eigenvalue weighted by molar-refractivity contribution is 0.0947. The zero-order valence-electron chi connectivity index (χ0n) is 14.8. The van der Waals surface area contributed by atoms with E-state index in [-0.39, 0.29) is 5.91 Å². The molecule has 1 aromatic heterocycles. The van der Waals surface area contributed by atoms with Gasteiger partial charge in [0.25, 0.3) is 5.91 Å². The van der Waals surface area contributed by atoms with Crippen molar-refractivity contribution in [1.82, 2.24) is 14.9 Å². The second-order valence-corrected chi connectivity index (χ2v) is 5.78. The van der Waals surface area contributed by atoms with Crippen molar-refractivity contribution in [3.63, 3.8) is 0 Å². The second-order valence-electron chi connectivity index (χ2n) is 5.78.